The second-order valence-corrected chi connectivity index (χ2v) is 4.19. The van der Waals surface area contributed by atoms with Gasteiger partial charge in [0.15, 0.2) is 0 Å². The van der Waals surface area contributed by atoms with Crippen molar-refractivity contribution in [2.24, 2.45) is 11.7 Å². The van der Waals surface area contributed by atoms with Crippen molar-refractivity contribution in [2.75, 3.05) is 13.1 Å². The van der Waals surface area contributed by atoms with E-state index in [4.69, 9.17) is 17.3 Å². The van der Waals surface area contributed by atoms with Crippen molar-refractivity contribution in [1.82, 2.24) is 5.32 Å². The molecular formula is C12H16ClFN2O. The summed E-state index contributed by atoms with van der Waals surface area (Å²) in [5, 5.41) is 2.78. The Morgan fingerprint density at radius 2 is 2.29 bits per heavy atom. The molecule has 1 atom stereocenters. The standard InChI is InChI=1S/C12H16ClFN2O/c1-2-16-12(17)9(7-15)5-8-3-4-11(14)10(13)6-8/h3-4,6,9H,2,5,7,15H2,1H3,(H,16,17). The predicted octanol–water partition coefficient (Wildman–Crippen LogP) is 1.73. The summed E-state index contributed by atoms with van der Waals surface area (Å²) in [7, 11) is 0. The highest BCUT2D eigenvalue weighted by Crippen LogP contribution is 2.18. The molecule has 5 heteroatoms. The van der Waals surface area contributed by atoms with Crippen molar-refractivity contribution in [3.05, 3.63) is 34.6 Å². The second kappa shape index (κ2) is 6.57. The van der Waals surface area contributed by atoms with Gasteiger partial charge in [-0.2, -0.15) is 0 Å². The first-order valence-electron chi connectivity index (χ1n) is 5.50. The molecule has 3 nitrogen and oxygen atoms in total. The monoisotopic (exact) mass is 258 g/mol. The van der Waals surface area contributed by atoms with Gasteiger partial charge in [0.1, 0.15) is 5.82 Å². The third kappa shape index (κ3) is 3.98. The maximum Gasteiger partial charge on any atom is 0.224 e. The lowest BCUT2D eigenvalue weighted by atomic mass is 9.98. The van der Waals surface area contributed by atoms with Gasteiger partial charge in [-0.1, -0.05) is 17.7 Å². The van der Waals surface area contributed by atoms with Gasteiger partial charge in [0.25, 0.3) is 0 Å². The van der Waals surface area contributed by atoms with Gasteiger partial charge in [-0.3, -0.25) is 4.79 Å². The van der Waals surface area contributed by atoms with Crippen molar-refractivity contribution in [3.63, 3.8) is 0 Å². The zero-order valence-corrected chi connectivity index (χ0v) is 10.4. The van der Waals surface area contributed by atoms with E-state index in [1.54, 1.807) is 6.07 Å². The van der Waals surface area contributed by atoms with Crippen LogP contribution in [0.25, 0.3) is 0 Å². The number of carbonyl (C=O) groups is 1. The van der Waals surface area contributed by atoms with Crippen LogP contribution in [0.1, 0.15) is 12.5 Å². The van der Waals surface area contributed by atoms with Gasteiger partial charge >= 0.3 is 0 Å². The van der Waals surface area contributed by atoms with E-state index >= 15 is 0 Å². The number of halogens is 2. The third-order valence-corrected chi connectivity index (χ3v) is 2.76. The summed E-state index contributed by atoms with van der Waals surface area (Å²) >= 11 is 5.67. The van der Waals surface area contributed by atoms with E-state index in [2.05, 4.69) is 5.32 Å². The maximum atomic E-state index is 13.0. The summed E-state index contributed by atoms with van der Waals surface area (Å²) in [6, 6.07) is 4.44. The van der Waals surface area contributed by atoms with Crippen LogP contribution in [0.5, 0.6) is 0 Å². The fraction of sp³-hybridized carbons (Fsp3) is 0.417. The highest BCUT2D eigenvalue weighted by atomic mass is 35.5. The summed E-state index contributed by atoms with van der Waals surface area (Å²) in [6.45, 7) is 2.67. The van der Waals surface area contributed by atoms with Gasteiger partial charge in [0.05, 0.1) is 10.9 Å². The minimum Gasteiger partial charge on any atom is -0.356 e. The number of hydrogen-bond donors (Lipinski definition) is 2. The normalized spacial score (nSPS) is 12.2. The van der Waals surface area contributed by atoms with E-state index in [-0.39, 0.29) is 23.4 Å². The van der Waals surface area contributed by atoms with E-state index < -0.39 is 5.82 Å². The first-order valence-corrected chi connectivity index (χ1v) is 5.88. The van der Waals surface area contributed by atoms with Crippen molar-refractivity contribution in [3.8, 4) is 0 Å². The maximum absolute atomic E-state index is 13.0. The van der Waals surface area contributed by atoms with Crippen LogP contribution in [-0.2, 0) is 11.2 Å². The molecule has 0 aliphatic rings. The number of benzene rings is 1. The Morgan fingerprint density at radius 1 is 1.59 bits per heavy atom. The first kappa shape index (κ1) is 13.9. The van der Waals surface area contributed by atoms with Crippen LogP contribution in [-0.4, -0.2) is 19.0 Å². The molecule has 0 aliphatic carbocycles. The van der Waals surface area contributed by atoms with Crippen LogP contribution in [0, 0.1) is 11.7 Å². The summed E-state index contributed by atoms with van der Waals surface area (Å²) in [6.07, 6.45) is 0.461. The topological polar surface area (TPSA) is 55.1 Å². The summed E-state index contributed by atoms with van der Waals surface area (Å²) in [5.41, 5.74) is 6.36. The molecule has 94 valence electrons. The molecule has 17 heavy (non-hydrogen) atoms. The van der Waals surface area contributed by atoms with Crippen LogP contribution in [0.2, 0.25) is 5.02 Å². The van der Waals surface area contributed by atoms with Crippen LogP contribution in [0.15, 0.2) is 18.2 Å². The number of nitrogens with two attached hydrogens (primary N) is 1. The van der Waals surface area contributed by atoms with Crippen LogP contribution in [0.4, 0.5) is 4.39 Å². The summed E-state index contributed by atoms with van der Waals surface area (Å²) in [4.78, 5) is 11.6. The molecule has 0 radical (unpaired) electrons. The Hall–Kier alpha value is -1.13. The number of hydrogen-bond acceptors (Lipinski definition) is 2. The third-order valence-electron chi connectivity index (χ3n) is 2.47. The molecule has 1 aromatic carbocycles. The smallest absolute Gasteiger partial charge is 0.224 e. The molecule has 0 heterocycles. The average Bonchev–Trinajstić information content (AvgIpc) is 2.30. The lowest BCUT2D eigenvalue weighted by Gasteiger charge is -2.14. The molecular weight excluding hydrogens is 243 g/mol. The lowest BCUT2D eigenvalue weighted by molar-refractivity contribution is -0.124. The zero-order chi connectivity index (χ0) is 12.8. The van der Waals surface area contributed by atoms with Crippen LogP contribution >= 0.6 is 11.6 Å². The van der Waals surface area contributed by atoms with E-state index in [0.29, 0.717) is 13.0 Å². The SMILES string of the molecule is CCNC(=O)C(CN)Cc1ccc(F)c(Cl)c1. The Balaban J connectivity index is 2.73. The quantitative estimate of drug-likeness (QED) is 0.845. The number of nitrogens with one attached hydrogen (secondary N) is 1. The van der Waals surface area contributed by atoms with Crippen LogP contribution < -0.4 is 11.1 Å². The van der Waals surface area contributed by atoms with Gasteiger partial charge in [0, 0.05) is 13.1 Å². The van der Waals surface area contributed by atoms with Gasteiger partial charge < -0.3 is 11.1 Å². The minimum atomic E-state index is -0.460. The Bertz CT molecular complexity index is 398. The molecule has 1 amide bonds. The number of carbonyl (C=O) groups excluding carboxylic acids is 1. The van der Waals surface area contributed by atoms with E-state index in [9.17, 15) is 9.18 Å². The Morgan fingerprint density at radius 3 is 2.82 bits per heavy atom. The second-order valence-electron chi connectivity index (χ2n) is 3.78. The molecule has 0 bridgehead atoms. The Labute approximate surface area is 105 Å². The van der Waals surface area contributed by atoms with E-state index in [1.807, 2.05) is 6.92 Å². The van der Waals surface area contributed by atoms with Crippen molar-refractivity contribution >= 4 is 17.5 Å². The first-order chi connectivity index (χ1) is 8.08. The van der Waals surface area contributed by atoms with Gasteiger partial charge in [-0.25, -0.2) is 4.39 Å². The minimum absolute atomic E-state index is 0.0640. The molecule has 0 spiro atoms. The summed E-state index contributed by atoms with van der Waals surface area (Å²) in [5.74, 6) is -0.857. The molecule has 0 aliphatic heterocycles. The van der Waals surface area contributed by atoms with Crippen molar-refractivity contribution in [1.29, 1.82) is 0 Å². The fourth-order valence-electron chi connectivity index (χ4n) is 1.55. The highest BCUT2D eigenvalue weighted by Gasteiger charge is 2.16. The molecule has 3 N–H and O–H groups in total. The molecule has 0 saturated heterocycles. The van der Waals surface area contributed by atoms with Gasteiger partial charge in [-0.15, -0.1) is 0 Å². The summed E-state index contributed by atoms with van der Waals surface area (Å²) < 4.78 is 13.0. The van der Waals surface area contributed by atoms with Crippen molar-refractivity contribution < 1.29 is 9.18 Å². The Kier molecular flexibility index (Phi) is 5.38. The predicted molar refractivity (Wildman–Crippen MR) is 66.3 cm³/mol. The van der Waals surface area contributed by atoms with Gasteiger partial charge in [-0.05, 0) is 31.0 Å². The van der Waals surface area contributed by atoms with Crippen molar-refractivity contribution in [2.45, 2.75) is 13.3 Å². The lowest BCUT2D eigenvalue weighted by Crippen LogP contribution is -2.36. The molecule has 0 fully saturated rings. The molecule has 1 rings (SSSR count). The molecule has 1 aromatic rings. The van der Waals surface area contributed by atoms with E-state index in [1.165, 1.54) is 12.1 Å². The fourth-order valence-corrected chi connectivity index (χ4v) is 1.76. The van der Waals surface area contributed by atoms with E-state index in [0.717, 1.165) is 5.56 Å². The van der Waals surface area contributed by atoms with Crippen LogP contribution in [0.3, 0.4) is 0 Å². The highest BCUT2D eigenvalue weighted by molar-refractivity contribution is 6.30. The van der Waals surface area contributed by atoms with Gasteiger partial charge in [0.2, 0.25) is 5.91 Å². The molecule has 0 aromatic heterocycles. The average molecular weight is 259 g/mol. The molecule has 1 unspecified atom stereocenters. The zero-order valence-electron chi connectivity index (χ0n) is 9.67. The largest absolute Gasteiger partial charge is 0.356 e. The number of rotatable bonds is 5. The molecule has 0 saturated carbocycles. The number of amides is 1.